The second kappa shape index (κ2) is 5.42. The van der Waals surface area contributed by atoms with E-state index in [4.69, 9.17) is 5.73 Å². The van der Waals surface area contributed by atoms with Gasteiger partial charge in [0.25, 0.3) is 0 Å². The fraction of sp³-hybridized carbons (Fsp3) is 0.667. The topological polar surface area (TPSA) is 58.3 Å². The minimum atomic E-state index is 0.452. The number of anilines is 1. The molecule has 0 bridgehead atoms. The van der Waals surface area contributed by atoms with Crippen molar-refractivity contribution in [3.8, 4) is 0 Å². The third-order valence-corrected chi connectivity index (χ3v) is 3.47. The van der Waals surface area contributed by atoms with Crippen LogP contribution in [0.15, 0.2) is 12.4 Å². The van der Waals surface area contributed by atoms with Crippen LogP contribution in [-0.4, -0.2) is 47.6 Å². The summed E-state index contributed by atoms with van der Waals surface area (Å²) in [5.41, 5.74) is 6.36. The van der Waals surface area contributed by atoms with Gasteiger partial charge < -0.3 is 10.6 Å². The predicted octanol–water partition coefficient (Wildman–Crippen LogP) is 0.466. The summed E-state index contributed by atoms with van der Waals surface area (Å²) >= 11 is 0. The third kappa shape index (κ3) is 2.73. The van der Waals surface area contributed by atoms with Crippen LogP contribution in [0.5, 0.6) is 0 Å². The maximum atomic E-state index is 5.52. The van der Waals surface area contributed by atoms with Gasteiger partial charge in [-0.2, -0.15) is 0 Å². The molecule has 1 aromatic rings. The van der Waals surface area contributed by atoms with Crippen molar-refractivity contribution in [2.75, 3.05) is 31.6 Å². The molecule has 0 aromatic carbocycles. The van der Waals surface area contributed by atoms with Crippen LogP contribution in [-0.2, 0) is 6.54 Å². The first-order valence-electron chi connectivity index (χ1n) is 6.20. The lowest BCUT2D eigenvalue weighted by atomic mass is 10.1. The highest BCUT2D eigenvalue weighted by molar-refractivity contribution is 5.36. The summed E-state index contributed by atoms with van der Waals surface area (Å²) in [6.07, 6.45) is 4.77. The molecule has 2 N–H and O–H groups in total. The van der Waals surface area contributed by atoms with Gasteiger partial charge in [0.2, 0.25) is 0 Å². The first-order chi connectivity index (χ1) is 8.24. The molecule has 1 aromatic heterocycles. The summed E-state index contributed by atoms with van der Waals surface area (Å²) in [4.78, 5) is 13.5. The fourth-order valence-corrected chi connectivity index (χ4v) is 2.21. The Hall–Kier alpha value is -1.20. The van der Waals surface area contributed by atoms with E-state index in [-0.39, 0.29) is 0 Å². The van der Waals surface area contributed by atoms with Crippen molar-refractivity contribution in [3.05, 3.63) is 18.1 Å². The third-order valence-electron chi connectivity index (χ3n) is 3.47. The van der Waals surface area contributed by atoms with Crippen LogP contribution < -0.4 is 10.6 Å². The van der Waals surface area contributed by atoms with E-state index in [1.807, 2.05) is 6.20 Å². The molecule has 0 aliphatic carbocycles. The van der Waals surface area contributed by atoms with Crippen molar-refractivity contribution < 1.29 is 0 Å². The first-order valence-corrected chi connectivity index (χ1v) is 6.20. The van der Waals surface area contributed by atoms with Crippen molar-refractivity contribution in [2.24, 2.45) is 5.73 Å². The summed E-state index contributed by atoms with van der Waals surface area (Å²) in [5.74, 6) is 0.966. The second-order valence-electron chi connectivity index (χ2n) is 4.56. The van der Waals surface area contributed by atoms with Crippen molar-refractivity contribution in [3.63, 3.8) is 0 Å². The van der Waals surface area contributed by atoms with Crippen molar-refractivity contribution in [1.82, 2.24) is 14.9 Å². The highest BCUT2D eigenvalue weighted by atomic mass is 15.3. The normalized spacial score (nSPS) is 21.8. The second-order valence-corrected chi connectivity index (χ2v) is 4.56. The predicted molar refractivity (Wildman–Crippen MR) is 68.8 cm³/mol. The lowest BCUT2D eigenvalue weighted by molar-refractivity contribution is 0.213. The maximum absolute atomic E-state index is 5.52. The molecule has 94 valence electrons. The highest BCUT2D eigenvalue weighted by Gasteiger charge is 2.23. The largest absolute Gasteiger partial charge is 0.352 e. The summed E-state index contributed by atoms with van der Waals surface area (Å²) < 4.78 is 0. The molecule has 1 fully saturated rings. The fourth-order valence-electron chi connectivity index (χ4n) is 2.21. The number of hydrogen-bond acceptors (Lipinski definition) is 5. The van der Waals surface area contributed by atoms with E-state index in [2.05, 4.69) is 33.7 Å². The molecule has 0 amide bonds. The van der Waals surface area contributed by atoms with Gasteiger partial charge in [-0.1, -0.05) is 6.92 Å². The highest BCUT2D eigenvalue weighted by Crippen LogP contribution is 2.16. The van der Waals surface area contributed by atoms with E-state index in [1.54, 1.807) is 6.20 Å². The van der Waals surface area contributed by atoms with E-state index in [1.165, 1.54) is 6.42 Å². The average Bonchev–Trinajstić information content (AvgIpc) is 2.39. The monoisotopic (exact) mass is 235 g/mol. The van der Waals surface area contributed by atoms with Crippen molar-refractivity contribution in [1.29, 1.82) is 0 Å². The molecule has 1 aliphatic rings. The Labute approximate surface area is 103 Å². The Bertz CT molecular complexity index is 350. The summed E-state index contributed by atoms with van der Waals surface area (Å²) in [6, 6.07) is 0.611. The Morgan fingerprint density at radius 2 is 2.18 bits per heavy atom. The molecule has 0 radical (unpaired) electrons. The average molecular weight is 235 g/mol. The molecular weight excluding hydrogens is 214 g/mol. The number of aromatic nitrogens is 2. The van der Waals surface area contributed by atoms with Gasteiger partial charge in [0.15, 0.2) is 0 Å². The standard InChI is InChI=1S/C12H21N5/c1-3-11-9-17(5-4-16(11)2)12-8-14-10(6-13)7-15-12/h7-8,11H,3-6,9,13H2,1-2H3. The van der Waals surface area contributed by atoms with Crippen LogP contribution in [0.2, 0.25) is 0 Å². The summed E-state index contributed by atoms with van der Waals surface area (Å²) in [7, 11) is 2.19. The van der Waals surface area contributed by atoms with Crippen LogP contribution >= 0.6 is 0 Å². The molecule has 1 aliphatic heterocycles. The zero-order valence-electron chi connectivity index (χ0n) is 10.6. The number of hydrogen-bond donors (Lipinski definition) is 1. The molecule has 2 heterocycles. The minimum Gasteiger partial charge on any atom is -0.352 e. The molecule has 5 nitrogen and oxygen atoms in total. The molecular formula is C12H21N5. The van der Waals surface area contributed by atoms with Crippen LogP contribution in [0.3, 0.4) is 0 Å². The Morgan fingerprint density at radius 1 is 1.35 bits per heavy atom. The molecule has 17 heavy (non-hydrogen) atoms. The van der Waals surface area contributed by atoms with Gasteiger partial charge in [0.05, 0.1) is 18.1 Å². The van der Waals surface area contributed by atoms with Gasteiger partial charge >= 0.3 is 0 Å². The van der Waals surface area contributed by atoms with E-state index >= 15 is 0 Å². The number of rotatable bonds is 3. The Balaban J connectivity index is 2.06. The van der Waals surface area contributed by atoms with E-state index < -0.39 is 0 Å². The zero-order valence-corrected chi connectivity index (χ0v) is 10.6. The summed E-state index contributed by atoms with van der Waals surface area (Å²) in [5, 5.41) is 0. The Kier molecular flexibility index (Phi) is 3.91. The van der Waals surface area contributed by atoms with Crippen LogP contribution in [0.1, 0.15) is 19.0 Å². The van der Waals surface area contributed by atoms with Crippen molar-refractivity contribution >= 4 is 5.82 Å². The van der Waals surface area contributed by atoms with Gasteiger partial charge in [0.1, 0.15) is 5.82 Å². The van der Waals surface area contributed by atoms with Gasteiger partial charge in [-0.05, 0) is 13.5 Å². The molecule has 0 spiro atoms. The molecule has 1 saturated heterocycles. The SMILES string of the molecule is CCC1CN(c2cnc(CN)cn2)CCN1C. The maximum Gasteiger partial charge on any atom is 0.147 e. The van der Waals surface area contributed by atoms with Crippen LogP contribution in [0.4, 0.5) is 5.82 Å². The minimum absolute atomic E-state index is 0.452. The van der Waals surface area contributed by atoms with Gasteiger partial charge in [-0.25, -0.2) is 4.98 Å². The molecule has 0 saturated carbocycles. The number of piperazine rings is 1. The number of likely N-dealkylation sites (N-methyl/N-ethyl adjacent to an activating group) is 1. The molecule has 5 heteroatoms. The lowest BCUT2D eigenvalue weighted by Gasteiger charge is -2.39. The number of nitrogens with zero attached hydrogens (tertiary/aromatic N) is 4. The Morgan fingerprint density at radius 3 is 2.76 bits per heavy atom. The summed E-state index contributed by atoms with van der Waals surface area (Å²) in [6.45, 7) is 5.81. The van der Waals surface area contributed by atoms with E-state index in [0.717, 1.165) is 31.1 Å². The van der Waals surface area contributed by atoms with Crippen LogP contribution in [0, 0.1) is 0 Å². The van der Waals surface area contributed by atoms with E-state index in [9.17, 15) is 0 Å². The molecule has 1 atom stereocenters. The molecule has 1 unspecified atom stereocenters. The smallest absolute Gasteiger partial charge is 0.147 e. The van der Waals surface area contributed by atoms with Gasteiger partial charge in [-0.3, -0.25) is 9.88 Å². The van der Waals surface area contributed by atoms with Gasteiger partial charge in [-0.15, -0.1) is 0 Å². The quantitative estimate of drug-likeness (QED) is 0.825. The molecule has 2 rings (SSSR count). The van der Waals surface area contributed by atoms with Crippen LogP contribution in [0.25, 0.3) is 0 Å². The number of nitrogens with two attached hydrogens (primary N) is 1. The first kappa shape index (κ1) is 12.3. The van der Waals surface area contributed by atoms with E-state index in [0.29, 0.717) is 12.6 Å². The zero-order chi connectivity index (χ0) is 12.3. The van der Waals surface area contributed by atoms with Crippen molar-refractivity contribution in [2.45, 2.75) is 25.9 Å². The lowest BCUT2D eigenvalue weighted by Crippen LogP contribution is -2.51. The van der Waals surface area contributed by atoms with Gasteiger partial charge in [0, 0.05) is 32.2 Å².